The first-order valence-corrected chi connectivity index (χ1v) is 16.0. The Bertz CT molecular complexity index is 2240. The Hall–Kier alpha value is -5.43. The number of carbonyl (C=O) groups is 1. The molecule has 0 bridgehead atoms. The van der Waals surface area contributed by atoms with Crippen molar-refractivity contribution in [3.63, 3.8) is 0 Å². The number of anilines is 2. The van der Waals surface area contributed by atoms with Gasteiger partial charge in [0.2, 0.25) is 5.43 Å². The Kier molecular flexibility index (Phi) is 8.02. The van der Waals surface area contributed by atoms with Crippen molar-refractivity contribution in [2.24, 2.45) is 0 Å². The molecule has 0 amide bonds. The Morgan fingerprint density at radius 2 is 1.71 bits per heavy atom. The molecule has 2 atom stereocenters. The van der Waals surface area contributed by atoms with Gasteiger partial charge in [-0.25, -0.2) is 13.6 Å². The van der Waals surface area contributed by atoms with Gasteiger partial charge >= 0.3 is 5.97 Å². The molecule has 0 radical (unpaired) electrons. The lowest BCUT2D eigenvalue weighted by Gasteiger charge is -2.45. The van der Waals surface area contributed by atoms with Crippen LogP contribution in [0.2, 0.25) is 0 Å². The molecule has 254 valence electrons. The molecule has 3 heterocycles. The number of phenols is 1. The summed E-state index contributed by atoms with van der Waals surface area (Å²) in [5.41, 5.74) is 3.91. The third-order valence-corrected chi connectivity index (χ3v) is 9.41. The first-order chi connectivity index (χ1) is 23.4. The van der Waals surface area contributed by atoms with Crippen LogP contribution in [0.5, 0.6) is 11.5 Å². The number of aromatic carboxylic acids is 1. The van der Waals surface area contributed by atoms with Crippen LogP contribution < -0.4 is 26.2 Å². The highest BCUT2D eigenvalue weighted by atomic mass is 19.1. The number of fused-ring (bicyclic) bond motifs is 2. The molecule has 11 nitrogen and oxygen atoms in total. The predicted molar refractivity (Wildman–Crippen MR) is 181 cm³/mol. The van der Waals surface area contributed by atoms with Gasteiger partial charge in [0, 0.05) is 67.7 Å². The number of halogens is 2. The summed E-state index contributed by atoms with van der Waals surface area (Å²) in [4.78, 5) is 41.3. The zero-order valence-corrected chi connectivity index (χ0v) is 26.8. The SMILES string of the molecule is C[C@@H]1CN(c2c(F)c(N)c3c(=O)c(C(=O)O)cn(C4CC4)c3c2F)C[C@H](C)N1CCOc1cc(O)c2c(=O)cc(-c3ccccc3)oc2c1. The lowest BCUT2D eigenvalue weighted by atomic mass is 10.0. The highest BCUT2D eigenvalue weighted by molar-refractivity contribution is 6.00. The number of phenolic OH excluding ortho intramolecular Hbond substituents is 1. The fourth-order valence-electron chi connectivity index (χ4n) is 6.94. The van der Waals surface area contributed by atoms with Crippen LogP contribution in [0, 0.1) is 11.6 Å². The van der Waals surface area contributed by atoms with E-state index in [-0.39, 0.29) is 71.2 Å². The Labute approximate surface area is 278 Å². The molecule has 1 aliphatic heterocycles. The molecule has 2 fully saturated rings. The number of ether oxygens (including phenoxy) is 1. The van der Waals surface area contributed by atoms with E-state index >= 15 is 8.78 Å². The van der Waals surface area contributed by atoms with E-state index < -0.39 is 39.7 Å². The summed E-state index contributed by atoms with van der Waals surface area (Å²) in [7, 11) is 0. The van der Waals surface area contributed by atoms with Gasteiger partial charge in [-0.3, -0.25) is 14.5 Å². The van der Waals surface area contributed by atoms with E-state index in [1.54, 1.807) is 11.0 Å². The van der Waals surface area contributed by atoms with Crippen LogP contribution in [-0.2, 0) is 0 Å². The molecule has 2 aromatic heterocycles. The minimum absolute atomic E-state index is 0.0515. The summed E-state index contributed by atoms with van der Waals surface area (Å²) in [6, 6.07) is 12.8. The van der Waals surface area contributed by atoms with Crippen molar-refractivity contribution in [3.8, 4) is 22.8 Å². The summed E-state index contributed by atoms with van der Waals surface area (Å²) in [5.74, 6) is -3.13. The van der Waals surface area contributed by atoms with Crippen molar-refractivity contribution in [2.45, 2.75) is 44.8 Å². The van der Waals surface area contributed by atoms with Gasteiger partial charge in [0.25, 0.3) is 0 Å². The maximum atomic E-state index is 16.4. The molecule has 49 heavy (non-hydrogen) atoms. The number of nitrogens with zero attached hydrogens (tertiary/aromatic N) is 3. The molecule has 1 saturated heterocycles. The monoisotopic (exact) mass is 672 g/mol. The third kappa shape index (κ3) is 5.63. The molecule has 1 saturated carbocycles. The second-order valence-corrected chi connectivity index (χ2v) is 12.8. The summed E-state index contributed by atoms with van der Waals surface area (Å²) in [6.07, 6.45) is 2.46. The topological polar surface area (TPSA) is 151 Å². The van der Waals surface area contributed by atoms with Crippen molar-refractivity contribution in [3.05, 3.63) is 92.4 Å². The smallest absolute Gasteiger partial charge is 0.341 e. The predicted octanol–water partition coefficient (Wildman–Crippen LogP) is 5.35. The fraction of sp³-hybridized carbons (Fsp3) is 0.306. The molecule has 2 aliphatic rings. The number of hydrogen-bond acceptors (Lipinski definition) is 9. The average Bonchev–Trinajstić information content (AvgIpc) is 3.90. The van der Waals surface area contributed by atoms with Crippen molar-refractivity contribution in [1.29, 1.82) is 0 Å². The highest BCUT2D eigenvalue weighted by Gasteiger charge is 2.36. The van der Waals surface area contributed by atoms with E-state index in [1.165, 1.54) is 16.7 Å². The summed E-state index contributed by atoms with van der Waals surface area (Å²) in [5, 5.41) is 19.8. The second kappa shape index (κ2) is 12.2. The molecular weight excluding hydrogens is 638 g/mol. The summed E-state index contributed by atoms with van der Waals surface area (Å²) >= 11 is 0. The van der Waals surface area contributed by atoms with Gasteiger partial charge in [-0.1, -0.05) is 30.3 Å². The molecule has 4 N–H and O–H groups in total. The van der Waals surface area contributed by atoms with Gasteiger partial charge < -0.3 is 34.6 Å². The van der Waals surface area contributed by atoms with Crippen molar-refractivity contribution in [2.75, 3.05) is 36.9 Å². The molecule has 0 spiro atoms. The largest absolute Gasteiger partial charge is 0.507 e. The number of rotatable bonds is 8. The third-order valence-electron chi connectivity index (χ3n) is 9.41. The van der Waals surface area contributed by atoms with E-state index in [2.05, 4.69) is 4.90 Å². The van der Waals surface area contributed by atoms with Crippen LogP contribution in [0.3, 0.4) is 0 Å². The quantitative estimate of drug-likeness (QED) is 0.184. The normalized spacial score (nSPS) is 18.3. The molecular formula is C36H34F2N4O7. The number of nitrogens with two attached hydrogens (primary N) is 1. The van der Waals surface area contributed by atoms with Crippen molar-refractivity contribution < 1.29 is 32.9 Å². The minimum Gasteiger partial charge on any atom is -0.507 e. The number of aromatic hydroxyl groups is 1. The first kappa shape index (κ1) is 32.1. The van der Waals surface area contributed by atoms with Gasteiger partial charge in [-0.2, -0.15) is 0 Å². The summed E-state index contributed by atoms with van der Waals surface area (Å²) < 4.78 is 45.6. The number of benzene rings is 3. The van der Waals surface area contributed by atoms with Crippen LogP contribution in [0.1, 0.15) is 43.1 Å². The summed E-state index contributed by atoms with van der Waals surface area (Å²) in [6.45, 7) is 4.94. The van der Waals surface area contributed by atoms with Gasteiger partial charge in [-0.15, -0.1) is 0 Å². The number of carboxylic acids is 1. The number of aromatic nitrogens is 1. The molecule has 3 aromatic carbocycles. The highest BCUT2D eigenvalue weighted by Crippen LogP contribution is 2.42. The van der Waals surface area contributed by atoms with Gasteiger partial charge in [-0.05, 0) is 26.7 Å². The molecule has 13 heteroatoms. The first-order valence-electron chi connectivity index (χ1n) is 16.0. The Morgan fingerprint density at radius 3 is 2.37 bits per heavy atom. The molecule has 7 rings (SSSR count). The van der Waals surface area contributed by atoms with Crippen LogP contribution in [-0.4, -0.2) is 64.0 Å². The lowest BCUT2D eigenvalue weighted by Crippen LogP contribution is -2.58. The Morgan fingerprint density at radius 1 is 1.02 bits per heavy atom. The van der Waals surface area contributed by atoms with Gasteiger partial charge in [0.1, 0.15) is 46.1 Å². The van der Waals surface area contributed by atoms with E-state index in [1.807, 2.05) is 44.2 Å². The van der Waals surface area contributed by atoms with E-state index in [0.717, 1.165) is 6.20 Å². The molecule has 1 aliphatic carbocycles. The van der Waals surface area contributed by atoms with Crippen LogP contribution in [0.4, 0.5) is 20.2 Å². The zero-order chi connectivity index (χ0) is 34.7. The van der Waals surface area contributed by atoms with Crippen LogP contribution in [0.15, 0.2) is 68.7 Å². The lowest BCUT2D eigenvalue weighted by molar-refractivity contribution is 0.0694. The number of nitrogen functional groups attached to an aromatic ring is 1. The fourth-order valence-corrected chi connectivity index (χ4v) is 6.94. The van der Waals surface area contributed by atoms with Gasteiger partial charge in [0.05, 0.1) is 16.6 Å². The number of carboxylic acid groups (broad SMARTS) is 1. The number of hydrogen-bond donors (Lipinski definition) is 3. The van der Waals surface area contributed by atoms with Crippen LogP contribution in [0.25, 0.3) is 33.2 Å². The zero-order valence-electron chi connectivity index (χ0n) is 26.8. The number of pyridine rings is 1. The van der Waals surface area contributed by atoms with Gasteiger partial charge in [0.15, 0.2) is 17.1 Å². The van der Waals surface area contributed by atoms with Crippen molar-refractivity contribution >= 4 is 39.2 Å². The van der Waals surface area contributed by atoms with Crippen LogP contribution >= 0.6 is 0 Å². The van der Waals surface area contributed by atoms with E-state index in [9.17, 15) is 24.6 Å². The Balaban J connectivity index is 1.11. The maximum Gasteiger partial charge on any atom is 0.341 e. The maximum absolute atomic E-state index is 16.4. The van der Waals surface area contributed by atoms with E-state index in [0.29, 0.717) is 36.5 Å². The second-order valence-electron chi connectivity index (χ2n) is 12.8. The minimum atomic E-state index is -1.49. The molecule has 0 unspecified atom stereocenters. The van der Waals surface area contributed by atoms with E-state index in [4.69, 9.17) is 14.9 Å². The standard InChI is InChI=1S/C36H34F2N4O7/c1-18-15-40(34-30(37)32(39)29-33(31(34)38)42(21-8-9-21)17-23(35(29)45)36(46)47)16-19(2)41(18)10-11-48-22-12-24(43)28-25(44)14-26(49-27(28)13-22)20-6-4-3-5-7-20/h3-7,12-14,17-19,21,43H,8-11,15-16,39H2,1-2H3,(H,46,47)/t18-,19+. The number of piperazine rings is 1. The average molecular weight is 673 g/mol. The molecule has 5 aromatic rings. The van der Waals surface area contributed by atoms with Crippen molar-refractivity contribution in [1.82, 2.24) is 9.47 Å².